The summed E-state index contributed by atoms with van der Waals surface area (Å²) >= 11 is 1.57. The molecule has 172 valence electrons. The van der Waals surface area contributed by atoms with Gasteiger partial charge in [0.2, 0.25) is 0 Å². The Labute approximate surface area is 208 Å². The van der Waals surface area contributed by atoms with Gasteiger partial charge < -0.3 is 15.0 Å². The minimum Gasteiger partial charge on any atom is -0.361 e. The molecule has 0 bridgehead atoms. The number of hydrogen-bond donors (Lipinski definition) is 3. The van der Waals surface area contributed by atoms with E-state index in [0.717, 1.165) is 49.7 Å². The lowest BCUT2D eigenvalue weighted by Gasteiger charge is -2.17. The van der Waals surface area contributed by atoms with Crippen LogP contribution in [0.25, 0.3) is 67.2 Å². The fraction of sp³-hybridized carbons (Fsp3) is 0. The first-order chi connectivity index (χ1) is 17.9. The lowest BCUT2D eigenvalue weighted by molar-refractivity contribution is 1.13. The Morgan fingerprint density at radius 2 is 1.56 bits per heavy atom. The van der Waals surface area contributed by atoms with E-state index < -0.39 is 0 Å². The number of nitrogens with one attached hydrogen (secondary N) is 3. The molecule has 3 N–H and O–H groups in total. The largest absolute Gasteiger partial charge is 0.361 e. The maximum atomic E-state index is 5.03. The van der Waals surface area contributed by atoms with Crippen molar-refractivity contribution in [1.29, 1.82) is 0 Å². The first-order valence-electron chi connectivity index (χ1n) is 11.2. The lowest BCUT2D eigenvalue weighted by atomic mass is 9.90. The van der Waals surface area contributed by atoms with Crippen molar-refractivity contribution in [2.45, 2.75) is 0 Å². The SMILES string of the molecule is c1ccc(-c2c(-c3ncc[nH]3)c(-c3nccs3)c(-c3ccc[nH]3)c3[nH]c(-c4ncccn4)nc23)nc1. The number of hydrogen-bond acceptors (Lipinski definition) is 7. The zero-order chi connectivity index (χ0) is 23.9. The van der Waals surface area contributed by atoms with Crippen LogP contribution in [0.15, 0.2) is 85.2 Å². The number of rotatable bonds is 5. The second kappa shape index (κ2) is 8.36. The normalized spacial score (nSPS) is 11.3. The predicted octanol–water partition coefficient (Wildman–Crippen LogP) is 5.59. The summed E-state index contributed by atoms with van der Waals surface area (Å²) in [7, 11) is 0. The Balaban J connectivity index is 1.72. The van der Waals surface area contributed by atoms with Crippen molar-refractivity contribution in [2.24, 2.45) is 0 Å². The van der Waals surface area contributed by atoms with Crippen LogP contribution in [0.4, 0.5) is 0 Å². The van der Waals surface area contributed by atoms with Gasteiger partial charge in [-0.15, -0.1) is 11.3 Å². The first kappa shape index (κ1) is 20.4. The molecule has 0 spiro atoms. The van der Waals surface area contributed by atoms with Gasteiger partial charge in [0.05, 0.1) is 16.7 Å². The number of nitrogens with zero attached hydrogens (tertiary/aromatic N) is 6. The molecular formula is C26H17N9S. The monoisotopic (exact) mass is 487 g/mol. The van der Waals surface area contributed by atoms with Crippen LogP contribution in [0, 0.1) is 0 Å². The number of thiazole rings is 1. The van der Waals surface area contributed by atoms with Gasteiger partial charge >= 0.3 is 0 Å². The maximum Gasteiger partial charge on any atom is 0.195 e. The summed E-state index contributed by atoms with van der Waals surface area (Å²) in [5.41, 5.74) is 6.86. The summed E-state index contributed by atoms with van der Waals surface area (Å²) < 4.78 is 0. The Hall–Kier alpha value is -4.96. The molecule has 0 aliphatic carbocycles. The van der Waals surface area contributed by atoms with Crippen LogP contribution in [0.2, 0.25) is 0 Å². The highest BCUT2D eigenvalue weighted by atomic mass is 32.1. The molecule has 0 aliphatic rings. The topological polar surface area (TPSA) is 125 Å². The number of fused-ring (bicyclic) bond motifs is 1. The third-order valence-corrected chi connectivity index (χ3v) is 6.68. The van der Waals surface area contributed by atoms with E-state index in [2.05, 4.69) is 29.9 Å². The molecule has 7 rings (SSSR count). The molecule has 0 aliphatic heterocycles. The van der Waals surface area contributed by atoms with Crippen LogP contribution >= 0.6 is 11.3 Å². The molecule has 0 radical (unpaired) electrons. The number of imidazole rings is 2. The van der Waals surface area contributed by atoms with Crippen LogP contribution in [0.5, 0.6) is 0 Å². The van der Waals surface area contributed by atoms with E-state index in [1.165, 1.54) is 0 Å². The molecular weight excluding hydrogens is 470 g/mol. The van der Waals surface area contributed by atoms with Crippen LogP contribution in [-0.2, 0) is 0 Å². The van der Waals surface area contributed by atoms with Gasteiger partial charge in [-0.1, -0.05) is 6.07 Å². The van der Waals surface area contributed by atoms with E-state index in [1.807, 2.05) is 54.3 Å². The maximum absolute atomic E-state index is 5.03. The molecule has 6 aromatic heterocycles. The molecule has 0 fully saturated rings. The molecule has 0 saturated carbocycles. The van der Waals surface area contributed by atoms with E-state index in [-0.39, 0.29) is 0 Å². The van der Waals surface area contributed by atoms with Crippen molar-refractivity contribution in [3.05, 3.63) is 85.2 Å². The van der Waals surface area contributed by atoms with Gasteiger partial charge in [0.25, 0.3) is 0 Å². The molecule has 10 heteroatoms. The highest BCUT2D eigenvalue weighted by Crippen LogP contribution is 2.49. The molecule has 9 nitrogen and oxygen atoms in total. The number of aromatic nitrogens is 9. The number of H-pyrrole nitrogens is 3. The molecule has 0 atom stereocenters. The number of benzene rings is 1. The van der Waals surface area contributed by atoms with Gasteiger partial charge in [-0.05, 0) is 30.3 Å². The fourth-order valence-electron chi connectivity index (χ4n) is 4.47. The first-order valence-corrected chi connectivity index (χ1v) is 12.1. The van der Waals surface area contributed by atoms with Gasteiger partial charge in [-0.3, -0.25) is 4.98 Å². The van der Waals surface area contributed by atoms with Gasteiger partial charge in [0, 0.05) is 76.7 Å². The quantitative estimate of drug-likeness (QED) is 0.291. The summed E-state index contributed by atoms with van der Waals surface area (Å²) in [4.78, 5) is 38.2. The Morgan fingerprint density at radius 1 is 0.639 bits per heavy atom. The summed E-state index contributed by atoms with van der Waals surface area (Å²) in [6, 6.07) is 11.6. The van der Waals surface area contributed by atoms with Gasteiger partial charge in [0.15, 0.2) is 11.6 Å². The zero-order valence-electron chi connectivity index (χ0n) is 18.7. The van der Waals surface area contributed by atoms with Crippen LogP contribution < -0.4 is 0 Å². The predicted molar refractivity (Wildman–Crippen MR) is 139 cm³/mol. The highest BCUT2D eigenvalue weighted by molar-refractivity contribution is 7.13. The number of pyridine rings is 1. The Bertz CT molecular complexity index is 1750. The summed E-state index contributed by atoms with van der Waals surface area (Å²) in [6.45, 7) is 0. The fourth-order valence-corrected chi connectivity index (χ4v) is 5.16. The van der Waals surface area contributed by atoms with Crippen molar-refractivity contribution >= 4 is 22.4 Å². The summed E-state index contributed by atoms with van der Waals surface area (Å²) in [6.07, 6.45) is 12.5. The number of aromatic amines is 3. The van der Waals surface area contributed by atoms with E-state index in [4.69, 9.17) is 15.0 Å². The smallest absolute Gasteiger partial charge is 0.195 e. The van der Waals surface area contributed by atoms with E-state index >= 15 is 0 Å². The Kier molecular flexibility index (Phi) is 4.74. The van der Waals surface area contributed by atoms with E-state index in [9.17, 15) is 0 Å². The van der Waals surface area contributed by atoms with Crippen molar-refractivity contribution in [3.8, 4) is 56.1 Å². The van der Waals surface area contributed by atoms with Crippen molar-refractivity contribution in [2.75, 3.05) is 0 Å². The standard InChI is InChI=1S/C26H17N9S/c1-2-7-27-15(5-1)17-19(23-31-11-12-32-23)20(26-33-13-14-36-26)18(16-6-3-8-28-16)22-21(17)34-25(35-22)24-29-9-4-10-30-24/h1-14,28H,(H,31,32)(H,34,35). The third kappa shape index (κ3) is 3.23. The highest BCUT2D eigenvalue weighted by Gasteiger charge is 2.29. The van der Waals surface area contributed by atoms with Crippen LogP contribution in [0.3, 0.4) is 0 Å². The molecule has 36 heavy (non-hydrogen) atoms. The molecule has 6 heterocycles. The lowest BCUT2D eigenvalue weighted by Crippen LogP contribution is -1.99. The van der Waals surface area contributed by atoms with Gasteiger partial charge in [-0.25, -0.2) is 24.9 Å². The minimum absolute atomic E-state index is 0.508. The zero-order valence-corrected chi connectivity index (χ0v) is 19.5. The van der Waals surface area contributed by atoms with Crippen molar-refractivity contribution in [1.82, 2.24) is 44.9 Å². The average molecular weight is 488 g/mol. The van der Waals surface area contributed by atoms with Crippen molar-refractivity contribution < 1.29 is 0 Å². The summed E-state index contributed by atoms with van der Waals surface area (Å²) in [5.74, 6) is 1.78. The van der Waals surface area contributed by atoms with E-state index in [0.29, 0.717) is 17.5 Å². The Morgan fingerprint density at radius 3 is 2.28 bits per heavy atom. The molecule has 0 unspecified atom stereocenters. The molecule has 7 aromatic rings. The van der Waals surface area contributed by atoms with Gasteiger partial charge in [0.1, 0.15) is 10.8 Å². The average Bonchev–Trinajstić information content (AvgIpc) is 3.76. The second-order valence-corrected chi connectivity index (χ2v) is 8.85. The molecule has 1 aromatic carbocycles. The minimum atomic E-state index is 0.508. The molecule has 0 amide bonds. The van der Waals surface area contributed by atoms with Crippen LogP contribution in [-0.4, -0.2) is 44.9 Å². The summed E-state index contributed by atoms with van der Waals surface area (Å²) in [5, 5.41) is 2.83. The van der Waals surface area contributed by atoms with Crippen LogP contribution in [0.1, 0.15) is 0 Å². The van der Waals surface area contributed by atoms with E-state index in [1.54, 1.807) is 42.2 Å². The van der Waals surface area contributed by atoms with Crippen molar-refractivity contribution in [3.63, 3.8) is 0 Å². The second-order valence-electron chi connectivity index (χ2n) is 7.96. The third-order valence-electron chi connectivity index (χ3n) is 5.89. The van der Waals surface area contributed by atoms with Gasteiger partial charge in [-0.2, -0.15) is 0 Å². The molecule has 0 saturated heterocycles.